The summed E-state index contributed by atoms with van der Waals surface area (Å²) in [5.41, 5.74) is 1.17. The van der Waals surface area contributed by atoms with Gasteiger partial charge in [0, 0.05) is 11.3 Å². The molecule has 25 heavy (non-hydrogen) atoms. The Morgan fingerprint density at radius 3 is 2.76 bits per heavy atom. The number of halogens is 1. The first-order chi connectivity index (χ1) is 12.0. The van der Waals surface area contributed by atoms with E-state index < -0.39 is 10.0 Å². The number of fused-ring (bicyclic) bond motifs is 1. The fraction of sp³-hybridized carbons (Fsp3) is 0. The van der Waals surface area contributed by atoms with Gasteiger partial charge in [0.25, 0.3) is 10.0 Å². The van der Waals surface area contributed by atoms with Crippen molar-refractivity contribution in [1.29, 1.82) is 0 Å². The summed E-state index contributed by atoms with van der Waals surface area (Å²) >= 11 is 5.96. The lowest BCUT2D eigenvalue weighted by molar-refractivity contribution is 0.315. The first-order valence-corrected chi connectivity index (χ1v) is 8.68. The van der Waals surface area contributed by atoms with Gasteiger partial charge >= 0.3 is 0 Å². The SMILES string of the molecule is O=S(=O)(Nc1cccc(-c2nnn[nH]2)c1)c1ccc(Cl)c2nonc12. The van der Waals surface area contributed by atoms with Crippen LogP contribution >= 0.6 is 11.6 Å². The minimum absolute atomic E-state index is 0.0515. The van der Waals surface area contributed by atoms with Crippen LogP contribution in [0, 0.1) is 0 Å². The molecule has 2 heterocycles. The monoisotopic (exact) mass is 377 g/mol. The van der Waals surface area contributed by atoms with Crippen LogP contribution in [0.3, 0.4) is 0 Å². The molecule has 0 spiro atoms. The van der Waals surface area contributed by atoms with E-state index in [9.17, 15) is 8.42 Å². The first kappa shape index (κ1) is 15.5. The Morgan fingerprint density at radius 1 is 1.12 bits per heavy atom. The molecule has 2 N–H and O–H groups in total. The van der Waals surface area contributed by atoms with Crippen LogP contribution in [0.1, 0.15) is 0 Å². The third-order valence-corrected chi connectivity index (χ3v) is 5.07. The zero-order chi connectivity index (χ0) is 17.4. The van der Waals surface area contributed by atoms with E-state index >= 15 is 0 Å². The number of aromatic amines is 1. The molecule has 0 aliphatic carbocycles. The molecule has 0 saturated carbocycles. The highest BCUT2D eigenvalue weighted by atomic mass is 35.5. The van der Waals surface area contributed by atoms with Gasteiger partial charge in [-0.3, -0.25) is 4.72 Å². The van der Waals surface area contributed by atoms with Gasteiger partial charge in [-0.1, -0.05) is 23.7 Å². The molecule has 0 fully saturated rings. The second-order valence-corrected chi connectivity index (χ2v) is 7.00. The molecule has 0 unspecified atom stereocenters. The molecule has 0 aliphatic heterocycles. The predicted molar refractivity (Wildman–Crippen MR) is 87.2 cm³/mol. The van der Waals surface area contributed by atoms with Crippen molar-refractivity contribution in [2.24, 2.45) is 0 Å². The van der Waals surface area contributed by atoms with E-state index in [1.54, 1.807) is 24.3 Å². The van der Waals surface area contributed by atoms with E-state index in [0.717, 1.165) is 0 Å². The Balaban J connectivity index is 1.73. The van der Waals surface area contributed by atoms with Crippen molar-refractivity contribution >= 4 is 38.3 Å². The Morgan fingerprint density at radius 2 is 1.96 bits per heavy atom. The molecule has 2 aromatic heterocycles. The maximum Gasteiger partial charge on any atom is 0.264 e. The van der Waals surface area contributed by atoms with Crippen molar-refractivity contribution in [3.05, 3.63) is 41.4 Å². The lowest BCUT2D eigenvalue weighted by Crippen LogP contribution is -2.13. The zero-order valence-corrected chi connectivity index (χ0v) is 13.8. The predicted octanol–water partition coefficient (Wildman–Crippen LogP) is 1.86. The lowest BCUT2D eigenvalue weighted by Gasteiger charge is -2.09. The van der Waals surface area contributed by atoms with Gasteiger partial charge in [0.15, 0.2) is 16.9 Å². The summed E-state index contributed by atoms with van der Waals surface area (Å²) < 4.78 is 32.5. The Bertz CT molecular complexity index is 1160. The molecular weight excluding hydrogens is 370 g/mol. The van der Waals surface area contributed by atoms with Gasteiger partial charge in [0.1, 0.15) is 4.90 Å². The van der Waals surface area contributed by atoms with E-state index in [2.05, 4.69) is 40.3 Å². The molecule has 0 radical (unpaired) electrons. The number of rotatable bonds is 4. The van der Waals surface area contributed by atoms with Crippen molar-refractivity contribution < 1.29 is 13.0 Å². The number of hydrogen-bond acceptors (Lipinski definition) is 8. The number of hydrogen-bond donors (Lipinski definition) is 2. The molecule has 0 aliphatic rings. The van der Waals surface area contributed by atoms with E-state index in [1.807, 2.05) is 0 Å². The summed E-state index contributed by atoms with van der Waals surface area (Å²) in [6, 6.07) is 9.35. The van der Waals surface area contributed by atoms with Gasteiger partial charge < -0.3 is 0 Å². The van der Waals surface area contributed by atoms with Gasteiger partial charge in [-0.05, 0) is 45.0 Å². The maximum absolute atomic E-state index is 12.7. The molecule has 12 heteroatoms. The van der Waals surface area contributed by atoms with Crippen molar-refractivity contribution in [2.75, 3.05) is 4.72 Å². The smallest absolute Gasteiger partial charge is 0.264 e. The van der Waals surface area contributed by atoms with Gasteiger partial charge in [-0.15, -0.1) is 5.10 Å². The van der Waals surface area contributed by atoms with Crippen LogP contribution in [0.2, 0.25) is 5.02 Å². The molecule has 126 valence electrons. The quantitative estimate of drug-likeness (QED) is 0.549. The van der Waals surface area contributed by atoms with Gasteiger partial charge in [-0.25, -0.2) is 18.1 Å². The largest absolute Gasteiger partial charge is 0.280 e. The third-order valence-electron chi connectivity index (χ3n) is 3.35. The van der Waals surface area contributed by atoms with Gasteiger partial charge in [0.05, 0.1) is 5.02 Å². The normalized spacial score (nSPS) is 11.7. The molecule has 2 aromatic carbocycles. The molecule has 10 nitrogen and oxygen atoms in total. The highest BCUT2D eigenvalue weighted by Gasteiger charge is 2.22. The average molecular weight is 378 g/mol. The molecule has 4 aromatic rings. The van der Waals surface area contributed by atoms with Crippen molar-refractivity contribution in [3.8, 4) is 11.4 Å². The van der Waals surface area contributed by atoms with E-state index in [4.69, 9.17) is 11.6 Å². The molecule has 0 atom stereocenters. The van der Waals surface area contributed by atoms with Crippen LogP contribution in [-0.4, -0.2) is 39.4 Å². The highest BCUT2D eigenvalue weighted by Crippen LogP contribution is 2.28. The van der Waals surface area contributed by atoms with Gasteiger partial charge in [-0.2, -0.15) is 0 Å². The van der Waals surface area contributed by atoms with E-state index in [-0.39, 0.29) is 21.0 Å². The van der Waals surface area contributed by atoms with Crippen molar-refractivity contribution in [1.82, 2.24) is 30.9 Å². The molecule has 0 amide bonds. The number of benzene rings is 2. The maximum atomic E-state index is 12.7. The number of aromatic nitrogens is 6. The van der Waals surface area contributed by atoms with E-state index in [0.29, 0.717) is 17.1 Å². The van der Waals surface area contributed by atoms with Crippen LogP contribution < -0.4 is 4.72 Å². The second-order valence-electron chi connectivity index (χ2n) is 4.94. The number of anilines is 1. The number of nitrogens with one attached hydrogen (secondary N) is 2. The molecule has 0 saturated heterocycles. The molecule has 4 rings (SSSR count). The Hall–Kier alpha value is -3.05. The Kier molecular flexibility index (Phi) is 3.58. The highest BCUT2D eigenvalue weighted by molar-refractivity contribution is 7.93. The number of tetrazole rings is 1. The van der Waals surface area contributed by atoms with Crippen LogP contribution in [0.25, 0.3) is 22.4 Å². The van der Waals surface area contributed by atoms with Crippen LogP contribution in [0.5, 0.6) is 0 Å². The van der Waals surface area contributed by atoms with Crippen LogP contribution in [-0.2, 0) is 10.0 Å². The van der Waals surface area contributed by atoms with Crippen LogP contribution in [0.15, 0.2) is 45.9 Å². The first-order valence-electron chi connectivity index (χ1n) is 6.82. The summed E-state index contributed by atoms with van der Waals surface area (Å²) in [7, 11) is -3.95. The number of H-pyrrole nitrogens is 1. The van der Waals surface area contributed by atoms with Crippen molar-refractivity contribution in [3.63, 3.8) is 0 Å². The zero-order valence-electron chi connectivity index (χ0n) is 12.2. The van der Waals surface area contributed by atoms with Crippen molar-refractivity contribution in [2.45, 2.75) is 4.90 Å². The minimum Gasteiger partial charge on any atom is -0.280 e. The summed E-state index contributed by atoms with van der Waals surface area (Å²) in [4.78, 5) is -0.0973. The minimum atomic E-state index is -3.95. The standard InChI is InChI=1S/C13H8ClN7O3S/c14-9-4-5-10(12-11(9)17-24-18-12)25(22,23)19-8-3-1-2-7(6-8)13-15-20-21-16-13/h1-6,19H,(H,15,16,20,21). The van der Waals surface area contributed by atoms with Crippen LogP contribution in [0.4, 0.5) is 5.69 Å². The summed E-state index contributed by atoms with van der Waals surface area (Å²) in [5, 5.41) is 20.9. The van der Waals surface area contributed by atoms with Gasteiger partial charge in [0.2, 0.25) is 0 Å². The fourth-order valence-electron chi connectivity index (χ4n) is 2.25. The summed E-state index contributed by atoms with van der Waals surface area (Å²) in [6.45, 7) is 0. The Labute approximate surface area is 145 Å². The summed E-state index contributed by atoms with van der Waals surface area (Å²) in [5.74, 6) is 0.413. The number of sulfonamides is 1. The lowest BCUT2D eigenvalue weighted by atomic mass is 10.2. The van der Waals surface area contributed by atoms with E-state index in [1.165, 1.54) is 12.1 Å². The molecule has 0 bridgehead atoms. The topological polar surface area (TPSA) is 140 Å². The second kappa shape index (κ2) is 5.79. The average Bonchev–Trinajstić information content (AvgIpc) is 3.27. The molecular formula is C13H8ClN7O3S. The fourth-order valence-corrected chi connectivity index (χ4v) is 3.62. The number of nitrogens with zero attached hydrogens (tertiary/aromatic N) is 5. The third kappa shape index (κ3) is 2.79. The summed E-state index contributed by atoms with van der Waals surface area (Å²) in [6.07, 6.45) is 0.